The molecule has 0 radical (unpaired) electrons. The van der Waals surface area contributed by atoms with Gasteiger partial charge in [-0.3, -0.25) is 19.4 Å². The Hall–Kier alpha value is -2.23. The Morgan fingerprint density at radius 2 is 2.10 bits per heavy atom. The third-order valence-electron chi connectivity index (χ3n) is 5.81. The Morgan fingerprint density at radius 3 is 2.81 bits per heavy atom. The fourth-order valence-corrected chi connectivity index (χ4v) is 5.55. The molecule has 3 heterocycles. The number of H-pyrrole nitrogens is 1. The summed E-state index contributed by atoms with van der Waals surface area (Å²) in [6.07, 6.45) is 1.52. The molecule has 2 aliphatic heterocycles. The van der Waals surface area contributed by atoms with Gasteiger partial charge in [0.1, 0.15) is 11.6 Å². The minimum Gasteiger partial charge on any atom is -0.496 e. The lowest BCUT2D eigenvalue weighted by Gasteiger charge is -2.36. The smallest absolute Gasteiger partial charge is 0.270 e. The number of rotatable bonds is 5. The number of carbonyl (C=O) groups excluding carboxylic acids is 1. The number of aromatic nitrogens is 2. The van der Waals surface area contributed by atoms with Crippen LogP contribution < -0.4 is 15.6 Å². The van der Waals surface area contributed by atoms with Gasteiger partial charge in [0.15, 0.2) is 0 Å². The number of hydrogen-bond acceptors (Lipinski definition) is 6. The summed E-state index contributed by atoms with van der Waals surface area (Å²) in [5.41, 5.74) is 1.95. The molecule has 9 heteroatoms. The van der Waals surface area contributed by atoms with Crippen LogP contribution in [0.15, 0.2) is 23.0 Å². The maximum atomic E-state index is 13.1. The second-order valence-corrected chi connectivity index (χ2v) is 9.66. The zero-order chi connectivity index (χ0) is 22.2. The molecule has 4 rings (SSSR count). The second-order valence-electron chi connectivity index (χ2n) is 8.57. The van der Waals surface area contributed by atoms with E-state index in [1.54, 1.807) is 14.2 Å². The largest absolute Gasteiger partial charge is 0.496 e. The number of benzene rings is 1. The minimum absolute atomic E-state index is 0.0455. The van der Waals surface area contributed by atoms with Crippen molar-refractivity contribution >= 4 is 23.5 Å². The molecule has 1 aromatic heterocycles. The van der Waals surface area contributed by atoms with Gasteiger partial charge in [-0.2, -0.15) is 0 Å². The Balaban J connectivity index is 1.79. The fourth-order valence-electron chi connectivity index (χ4n) is 4.43. The maximum absolute atomic E-state index is 13.1. The number of thioether (sulfide) groups is 1. The van der Waals surface area contributed by atoms with Crippen LogP contribution in [0.25, 0.3) is 0 Å². The molecule has 1 amide bonds. The number of methoxy groups -OCH3 is 2. The van der Waals surface area contributed by atoms with E-state index in [-0.39, 0.29) is 34.1 Å². The van der Waals surface area contributed by atoms with Crippen LogP contribution in [0, 0.1) is 0 Å². The molecule has 31 heavy (non-hydrogen) atoms. The molecule has 0 saturated carbocycles. The van der Waals surface area contributed by atoms with Crippen LogP contribution in [-0.2, 0) is 20.9 Å². The molecule has 0 bridgehead atoms. The molecule has 0 aliphatic carbocycles. The van der Waals surface area contributed by atoms with Crippen molar-refractivity contribution in [2.24, 2.45) is 0 Å². The van der Waals surface area contributed by atoms with E-state index in [4.69, 9.17) is 14.2 Å². The van der Waals surface area contributed by atoms with Crippen LogP contribution in [0.3, 0.4) is 0 Å². The lowest BCUT2D eigenvalue weighted by molar-refractivity contribution is -0.113. The van der Waals surface area contributed by atoms with E-state index in [0.717, 1.165) is 29.7 Å². The third kappa shape index (κ3) is 4.40. The normalized spacial score (nSPS) is 23.0. The van der Waals surface area contributed by atoms with Crippen LogP contribution in [0.1, 0.15) is 54.7 Å². The average Bonchev–Trinajstić information content (AvgIpc) is 2.93. The van der Waals surface area contributed by atoms with Crippen molar-refractivity contribution in [2.75, 3.05) is 31.9 Å². The van der Waals surface area contributed by atoms with Crippen LogP contribution in [0.2, 0.25) is 0 Å². The van der Waals surface area contributed by atoms with Crippen LogP contribution in [-0.4, -0.2) is 47.9 Å². The molecule has 8 nitrogen and oxygen atoms in total. The topological polar surface area (TPSA) is 94.6 Å². The quantitative estimate of drug-likeness (QED) is 0.731. The van der Waals surface area contributed by atoms with Crippen molar-refractivity contribution in [3.63, 3.8) is 0 Å². The van der Waals surface area contributed by atoms with E-state index in [1.165, 1.54) is 11.8 Å². The van der Waals surface area contributed by atoms with Gasteiger partial charge in [-0.15, -0.1) is 11.8 Å². The summed E-state index contributed by atoms with van der Waals surface area (Å²) < 4.78 is 18.4. The zero-order valence-corrected chi connectivity index (χ0v) is 19.1. The Kier molecular flexibility index (Phi) is 6.18. The number of anilines is 1. The molecule has 2 aromatic rings. The van der Waals surface area contributed by atoms with Crippen LogP contribution in [0.5, 0.6) is 5.75 Å². The standard InChI is InChI=1S/C22H29N3O5S/c1-22(2)10-15(7-8-30-22)25-20-18(21(27)24-25)19(31-12-17(26)23-20)13-5-6-16(29-4)14(9-13)11-28-3/h5-6,9,15,19H,7-8,10-12H2,1-4H3,(H,23,26)(H,24,27)/t15-,19+/m1/s1. The summed E-state index contributed by atoms with van der Waals surface area (Å²) in [4.78, 5) is 25.7. The van der Waals surface area contributed by atoms with Gasteiger partial charge < -0.3 is 19.5 Å². The molecule has 1 aromatic carbocycles. The number of fused-ring (bicyclic) bond motifs is 1. The van der Waals surface area contributed by atoms with E-state index in [1.807, 2.05) is 36.7 Å². The van der Waals surface area contributed by atoms with Crippen molar-refractivity contribution in [1.82, 2.24) is 9.78 Å². The first-order chi connectivity index (χ1) is 14.8. The van der Waals surface area contributed by atoms with Crippen molar-refractivity contribution in [2.45, 2.75) is 50.2 Å². The summed E-state index contributed by atoms with van der Waals surface area (Å²) >= 11 is 1.45. The minimum atomic E-state index is -0.287. The van der Waals surface area contributed by atoms with E-state index in [9.17, 15) is 9.59 Å². The van der Waals surface area contributed by atoms with Crippen molar-refractivity contribution < 1.29 is 19.0 Å². The highest BCUT2D eigenvalue weighted by atomic mass is 32.2. The molecule has 2 N–H and O–H groups in total. The van der Waals surface area contributed by atoms with Gasteiger partial charge in [0.25, 0.3) is 5.56 Å². The van der Waals surface area contributed by atoms with Gasteiger partial charge in [-0.05, 0) is 44.4 Å². The van der Waals surface area contributed by atoms with E-state index >= 15 is 0 Å². The summed E-state index contributed by atoms with van der Waals surface area (Å²) in [5.74, 6) is 1.45. The predicted octanol–water partition coefficient (Wildman–Crippen LogP) is 3.24. The number of nitrogens with zero attached hydrogens (tertiary/aromatic N) is 1. The average molecular weight is 448 g/mol. The van der Waals surface area contributed by atoms with Gasteiger partial charge >= 0.3 is 0 Å². The monoisotopic (exact) mass is 447 g/mol. The first kappa shape index (κ1) is 22.0. The zero-order valence-electron chi connectivity index (χ0n) is 18.3. The Morgan fingerprint density at radius 1 is 1.29 bits per heavy atom. The summed E-state index contributed by atoms with van der Waals surface area (Å²) in [7, 11) is 3.25. The highest BCUT2D eigenvalue weighted by molar-refractivity contribution is 8.00. The van der Waals surface area contributed by atoms with Gasteiger partial charge in [0, 0.05) is 19.3 Å². The van der Waals surface area contributed by atoms with Crippen LogP contribution in [0.4, 0.5) is 5.82 Å². The number of ether oxygens (including phenoxy) is 3. The second kappa shape index (κ2) is 8.72. The molecular formula is C22H29N3O5S. The fraction of sp³-hybridized carbons (Fsp3) is 0.545. The highest BCUT2D eigenvalue weighted by Crippen LogP contribution is 2.43. The first-order valence-electron chi connectivity index (χ1n) is 10.4. The number of carbonyl (C=O) groups is 1. The molecule has 1 saturated heterocycles. The lowest BCUT2D eigenvalue weighted by atomic mass is 9.94. The van der Waals surface area contributed by atoms with Gasteiger partial charge in [0.05, 0.1) is 41.9 Å². The third-order valence-corrected chi connectivity index (χ3v) is 7.08. The SMILES string of the molecule is COCc1cc([C@@H]2SCC(=O)Nc3c2c(=O)[nH]n3[C@@H]2CCOC(C)(C)C2)ccc1OC. The first-order valence-corrected chi connectivity index (χ1v) is 11.4. The van der Waals surface area contributed by atoms with Crippen LogP contribution >= 0.6 is 11.8 Å². The van der Waals surface area contributed by atoms with Gasteiger partial charge in [-0.25, -0.2) is 0 Å². The number of nitrogens with one attached hydrogen (secondary N) is 2. The predicted molar refractivity (Wildman–Crippen MR) is 120 cm³/mol. The summed E-state index contributed by atoms with van der Waals surface area (Å²) in [6.45, 7) is 5.10. The summed E-state index contributed by atoms with van der Waals surface area (Å²) in [6, 6.07) is 5.87. The van der Waals surface area contributed by atoms with E-state index < -0.39 is 0 Å². The maximum Gasteiger partial charge on any atom is 0.270 e. The van der Waals surface area contributed by atoms with Crippen molar-refractivity contribution in [3.05, 3.63) is 45.2 Å². The van der Waals surface area contributed by atoms with E-state index in [2.05, 4.69) is 10.4 Å². The molecule has 0 unspecified atom stereocenters. The molecule has 2 aliphatic rings. The molecule has 1 fully saturated rings. The van der Waals surface area contributed by atoms with Gasteiger partial charge in [0.2, 0.25) is 5.91 Å². The number of aromatic amines is 1. The van der Waals surface area contributed by atoms with Crippen molar-refractivity contribution in [3.8, 4) is 5.75 Å². The Bertz CT molecular complexity index is 1030. The molecule has 168 valence electrons. The lowest BCUT2D eigenvalue weighted by Crippen LogP contribution is -2.36. The number of amides is 1. The van der Waals surface area contributed by atoms with Crippen molar-refractivity contribution in [1.29, 1.82) is 0 Å². The molecule has 0 spiro atoms. The molecule has 2 atom stereocenters. The summed E-state index contributed by atoms with van der Waals surface area (Å²) in [5, 5.41) is 5.70. The Labute approximate surface area is 185 Å². The molecular weight excluding hydrogens is 418 g/mol. The highest BCUT2D eigenvalue weighted by Gasteiger charge is 2.36. The van der Waals surface area contributed by atoms with E-state index in [0.29, 0.717) is 24.6 Å². The number of hydrogen-bond donors (Lipinski definition) is 2. The van der Waals surface area contributed by atoms with Gasteiger partial charge in [-0.1, -0.05) is 6.07 Å².